The minimum atomic E-state index is 0.573. The first kappa shape index (κ1) is 13.4. The number of aromatic nitrogens is 1. The van der Waals surface area contributed by atoms with Gasteiger partial charge >= 0.3 is 0 Å². The first-order chi connectivity index (χ1) is 8.61. The van der Waals surface area contributed by atoms with Crippen LogP contribution in [0.25, 0.3) is 0 Å². The monoisotopic (exact) mass is 246 g/mol. The van der Waals surface area contributed by atoms with Crippen molar-refractivity contribution in [1.29, 1.82) is 0 Å². The number of nitrogens with one attached hydrogen (secondary N) is 1. The van der Waals surface area contributed by atoms with E-state index in [1.165, 1.54) is 30.4 Å². The Balaban J connectivity index is 2.51. The van der Waals surface area contributed by atoms with E-state index in [-0.39, 0.29) is 0 Å². The molecule has 2 rings (SSSR count). The maximum Gasteiger partial charge on any atom is 0.129 e. The minimum absolute atomic E-state index is 0.573. The van der Waals surface area contributed by atoms with Crippen LogP contribution in [0.3, 0.4) is 0 Å². The van der Waals surface area contributed by atoms with Gasteiger partial charge in [-0.3, -0.25) is 0 Å². The van der Waals surface area contributed by atoms with Crippen molar-refractivity contribution in [3.05, 3.63) is 23.4 Å². The van der Waals surface area contributed by atoms with Gasteiger partial charge in [0.1, 0.15) is 5.82 Å². The molecule has 2 nitrogen and oxygen atoms in total. The molecule has 0 radical (unpaired) electrons. The van der Waals surface area contributed by atoms with Crippen LogP contribution in [0.15, 0.2) is 12.3 Å². The van der Waals surface area contributed by atoms with Gasteiger partial charge < -0.3 is 5.32 Å². The lowest BCUT2D eigenvalue weighted by atomic mass is 9.79. The molecule has 1 aliphatic rings. The number of anilines is 1. The van der Waals surface area contributed by atoms with Crippen molar-refractivity contribution in [3.8, 4) is 0 Å². The summed E-state index contributed by atoms with van der Waals surface area (Å²) in [4.78, 5) is 4.59. The molecule has 0 fully saturated rings. The van der Waals surface area contributed by atoms with Crippen molar-refractivity contribution in [2.75, 3.05) is 11.9 Å². The summed E-state index contributed by atoms with van der Waals surface area (Å²) in [6, 6.07) is 2.21. The van der Waals surface area contributed by atoms with Crippen molar-refractivity contribution in [1.82, 2.24) is 4.98 Å². The average Bonchev–Trinajstić information content (AvgIpc) is 2.28. The molecule has 0 aromatic carbocycles. The van der Waals surface area contributed by atoms with Crippen LogP contribution in [0.4, 0.5) is 5.82 Å². The minimum Gasteiger partial charge on any atom is -0.370 e. The second-order valence-corrected chi connectivity index (χ2v) is 6.09. The Morgan fingerprint density at radius 3 is 2.67 bits per heavy atom. The van der Waals surface area contributed by atoms with Gasteiger partial charge in [0.05, 0.1) is 0 Å². The van der Waals surface area contributed by atoms with E-state index in [0.717, 1.165) is 12.4 Å². The Morgan fingerprint density at radius 1 is 1.22 bits per heavy atom. The maximum atomic E-state index is 4.59. The van der Waals surface area contributed by atoms with Gasteiger partial charge in [-0.15, -0.1) is 0 Å². The summed E-state index contributed by atoms with van der Waals surface area (Å²) in [5.41, 5.74) is 2.97. The molecule has 100 valence electrons. The summed E-state index contributed by atoms with van der Waals surface area (Å²) in [6.45, 7) is 10.3. The molecule has 0 bridgehead atoms. The number of hydrogen-bond acceptors (Lipinski definition) is 2. The third-order valence-electron chi connectivity index (χ3n) is 4.06. The molecule has 0 saturated heterocycles. The Hall–Kier alpha value is -1.05. The Kier molecular flexibility index (Phi) is 4.26. The van der Waals surface area contributed by atoms with Gasteiger partial charge in [-0.05, 0) is 42.2 Å². The summed E-state index contributed by atoms with van der Waals surface area (Å²) in [7, 11) is 0. The molecule has 18 heavy (non-hydrogen) atoms. The molecule has 0 saturated carbocycles. The summed E-state index contributed by atoms with van der Waals surface area (Å²) < 4.78 is 0. The van der Waals surface area contributed by atoms with Crippen LogP contribution in [0, 0.1) is 5.92 Å². The molecule has 2 heterocycles. The van der Waals surface area contributed by atoms with Crippen molar-refractivity contribution in [3.63, 3.8) is 0 Å². The first-order valence-corrected chi connectivity index (χ1v) is 7.34. The van der Waals surface area contributed by atoms with E-state index < -0.39 is 0 Å². The van der Waals surface area contributed by atoms with E-state index in [9.17, 15) is 0 Å². The predicted molar refractivity (Wildman–Crippen MR) is 78.2 cm³/mol. The van der Waals surface area contributed by atoms with Crippen molar-refractivity contribution >= 4 is 5.82 Å². The van der Waals surface area contributed by atoms with Crippen LogP contribution in [0.1, 0.15) is 69.9 Å². The van der Waals surface area contributed by atoms with Gasteiger partial charge in [-0.25, -0.2) is 4.98 Å². The third-order valence-corrected chi connectivity index (χ3v) is 4.06. The van der Waals surface area contributed by atoms with Gasteiger partial charge in [0.2, 0.25) is 0 Å². The SMILES string of the molecule is CC(C)c1ccnc2c1C(C(C)C)CCCCN2. The number of rotatable bonds is 2. The van der Waals surface area contributed by atoms with Crippen molar-refractivity contribution in [2.45, 2.75) is 58.8 Å². The average molecular weight is 246 g/mol. The van der Waals surface area contributed by atoms with E-state index in [0.29, 0.717) is 17.8 Å². The second-order valence-electron chi connectivity index (χ2n) is 6.09. The normalized spacial score (nSPS) is 20.2. The topological polar surface area (TPSA) is 24.9 Å². The zero-order chi connectivity index (χ0) is 13.1. The molecule has 1 unspecified atom stereocenters. The summed E-state index contributed by atoms with van der Waals surface area (Å²) in [5, 5.41) is 3.53. The number of fused-ring (bicyclic) bond motifs is 1. The fourth-order valence-electron chi connectivity index (χ4n) is 3.03. The van der Waals surface area contributed by atoms with Crippen LogP contribution in [-0.2, 0) is 0 Å². The zero-order valence-electron chi connectivity index (χ0n) is 12.2. The lowest BCUT2D eigenvalue weighted by molar-refractivity contribution is 0.442. The Labute approximate surface area is 111 Å². The van der Waals surface area contributed by atoms with E-state index in [2.05, 4.69) is 44.1 Å². The first-order valence-electron chi connectivity index (χ1n) is 7.34. The van der Waals surface area contributed by atoms with Gasteiger partial charge in [-0.2, -0.15) is 0 Å². The molecule has 2 heteroatoms. The van der Waals surface area contributed by atoms with Crippen LogP contribution < -0.4 is 5.32 Å². The molecule has 0 spiro atoms. The number of pyridine rings is 1. The van der Waals surface area contributed by atoms with Crippen LogP contribution in [0.5, 0.6) is 0 Å². The molecule has 1 aliphatic heterocycles. The van der Waals surface area contributed by atoms with Crippen LogP contribution >= 0.6 is 0 Å². The van der Waals surface area contributed by atoms with Gasteiger partial charge in [-0.1, -0.05) is 34.1 Å². The van der Waals surface area contributed by atoms with E-state index >= 15 is 0 Å². The molecule has 0 amide bonds. The highest BCUT2D eigenvalue weighted by atomic mass is 15.0. The summed E-state index contributed by atoms with van der Waals surface area (Å²) in [6.07, 6.45) is 5.84. The number of nitrogens with zero attached hydrogens (tertiary/aromatic N) is 1. The fourth-order valence-corrected chi connectivity index (χ4v) is 3.03. The number of hydrogen-bond donors (Lipinski definition) is 1. The quantitative estimate of drug-likeness (QED) is 0.828. The molecule has 0 aliphatic carbocycles. The van der Waals surface area contributed by atoms with Crippen LogP contribution in [-0.4, -0.2) is 11.5 Å². The third kappa shape index (κ3) is 2.68. The van der Waals surface area contributed by atoms with E-state index in [1.54, 1.807) is 0 Å². The highest BCUT2D eigenvalue weighted by Gasteiger charge is 2.25. The summed E-state index contributed by atoms with van der Waals surface area (Å²) in [5.74, 6) is 3.05. The second kappa shape index (κ2) is 5.73. The molecular formula is C16H26N2. The standard InChI is InChI=1S/C16H26N2/c1-11(2)13-7-5-6-9-17-16-15(13)14(12(3)4)8-10-18-16/h8,10-13H,5-7,9H2,1-4H3,(H,17,18). The van der Waals surface area contributed by atoms with Crippen molar-refractivity contribution < 1.29 is 0 Å². The molecule has 1 aromatic rings. The largest absolute Gasteiger partial charge is 0.370 e. The van der Waals surface area contributed by atoms with Crippen LogP contribution in [0.2, 0.25) is 0 Å². The lowest BCUT2D eigenvalue weighted by Gasteiger charge is -2.29. The molecular weight excluding hydrogens is 220 g/mol. The van der Waals surface area contributed by atoms with Gasteiger partial charge in [0.25, 0.3) is 0 Å². The lowest BCUT2D eigenvalue weighted by Crippen LogP contribution is -2.18. The molecule has 1 aromatic heterocycles. The smallest absolute Gasteiger partial charge is 0.129 e. The molecule has 1 atom stereocenters. The van der Waals surface area contributed by atoms with E-state index in [4.69, 9.17) is 0 Å². The van der Waals surface area contributed by atoms with Gasteiger partial charge in [0, 0.05) is 18.3 Å². The summed E-state index contributed by atoms with van der Waals surface area (Å²) >= 11 is 0. The molecule has 1 N–H and O–H groups in total. The fraction of sp³-hybridized carbons (Fsp3) is 0.688. The highest BCUT2D eigenvalue weighted by molar-refractivity contribution is 5.52. The van der Waals surface area contributed by atoms with Crippen molar-refractivity contribution in [2.24, 2.45) is 5.92 Å². The predicted octanol–water partition coefficient (Wildman–Crippen LogP) is 4.54. The highest BCUT2D eigenvalue weighted by Crippen LogP contribution is 2.39. The van der Waals surface area contributed by atoms with Gasteiger partial charge in [0.15, 0.2) is 0 Å². The Bertz CT molecular complexity index is 396. The zero-order valence-corrected chi connectivity index (χ0v) is 12.2. The van der Waals surface area contributed by atoms with E-state index in [1.807, 2.05) is 6.20 Å². The maximum absolute atomic E-state index is 4.59. The Morgan fingerprint density at radius 2 is 2.00 bits per heavy atom.